The van der Waals surface area contributed by atoms with Gasteiger partial charge in [-0.3, -0.25) is 9.69 Å². The van der Waals surface area contributed by atoms with Crippen molar-refractivity contribution in [2.24, 2.45) is 0 Å². The molecule has 1 atom stereocenters. The summed E-state index contributed by atoms with van der Waals surface area (Å²) < 4.78 is 23.8. The van der Waals surface area contributed by atoms with Crippen molar-refractivity contribution in [1.82, 2.24) is 10.2 Å². The van der Waals surface area contributed by atoms with Crippen LogP contribution in [0.4, 0.5) is 4.39 Å². The summed E-state index contributed by atoms with van der Waals surface area (Å²) in [4.78, 5) is 14.7. The van der Waals surface area contributed by atoms with Gasteiger partial charge in [0.25, 0.3) is 5.91 Å². The lowest BCUT2D eigenvalue weighted by Gasteiger charge is -2.35. The summed E-state index contributed by atoms with van der Waals surface area (Å²) in [7, 11) is 1.65. The Hall–Kier alpha value is -2.60. The number of carbonyl (C=O) groups is 1. The summed E-state index contributed by atoms with van der Waals surface area (Å²) in [5.41, 5.74) is 1.15. The van der Waals surface area contributed by atoms with Gasteiger partial charge in [0.05, 0.1) is 13.2 Å². The number of hydrogen-bond acceptors (Lipinski definition) is 4. The third-order valence-corrected chi connectivity index (χ3v) is 4.99. The Labute approximate surface area is 165 Å². The van der Waals surface area contributed by atoms with Gasteiger partial charge in [0, 0.05) is 12.6 Å². The van der Waals surface area contributed by atoms with Crippen LogP contribution in [0, 0.1) is 5.82 Å². The molecule has 0 aromatic heterocycles. The van der Waals surface area contributed by atoms with Crippen LogP contribution in [0.1, 0.15) is 30.9 Å². The molecule has 1 amide bonds. The Morgan fingerprint density at radius 3 is 2.54 bits per heavy atom. The average Bonchev–Trinajstić information content (AvgIpc) is 2.74. The van der Waals surface area contributed by atoms with Crippen LogP contribution in [0.5, 0.6) is 11.5 Å². The second-order valence-corrected chi connectivity index (χ2v) is 6.94. The predicted octanol–water partition coefficient (Wildman–Crippen LogP) is 3.56. The topological polar surface area (TPSA) is 50.8 Å². The van der Waals surface area contributed by atoms with Crippen LogP contribution in [-0.2, 0) is 4.79 Å². The molecule has 6 heteroatoms. The first-order valence-electron chi connectivity index (χ1n) is 9.69. The monoisotopic (exact) mass is 386 g/mol. The van der Waals surface area contributed by atoms with Crippen LogP contribution < -0.4 is 14.8 Å². The smallest absolute Gasteiger partial charge is 0.258 e. The van der Waals surface area contributed by atoms with Gasteiger partial charge < -0.3 is 14.8 Å². The standard InChI is InChI=1S/C22H27FN2O3/c1-27-19-10-8-17(9-11-19)21(25-12-3-2-4-13-25)15-24-22(26)16-28-20-7-5-6-18(23)14-20/h5-11,14,21H,2-4,12-13,15-16H2,1H3,(H,24,26). The molecule has 1 N–H and O–H groups in total. The van der Waals surface area contributed by atoms with E-state index < -0.39 is 0 Å². The fourth-order valence-corrected chi connectivity index (χ4v) is 3.48. The van der Waals surface area contributed by atoms with Crippen molar-refractivity contribution in [3.05, 3.63) is 59.9 Å². The summed E-state index contributed by atoms with van der Waals surface area (Å²) in [6.45, 7) is 2.40. The van der Waals surface area contributed by atoms with E-state index in [0.29, 0.717) is 12.3 Å². The fourth-order valence-electron chi connectivity index (χ4n) is 3.48. The van der Waals surface area contributed by atoms with E-state index in [0.717, 1.165) is 24.4 Å². The van der Waals surface area contributed by atoms with Gasteiger partial charge in [0.15, 0.2) is 6.61 Å². The third-order valence-electron chi connectivity index (χ3n) is 4.99. The third kappa shape index (κ3) is 5.70. The van der Waals surface area contributed by atoms with Crippen molar-refractivity contribution in [2.75, 3.05) is 33.4 Å². The Kier molecular flexibility index (Phi) is 7.25. The summed E-state index contributed by atoms with van der Waals surface area (Å²) in [6, 6.07) is 13.9. The number of hydrogen-bond donors (Lipinski definition) is 1. The zero-order valence-corrected chi connectivity index (χ0v) is 16.2. The Morgan fingerprint density at radius 1 is 1.11 bits per heavy atom. The van der Waals surface area contributed by atoms with Crippen molar-refractivity contribution >= 4 is 5.91 Å². The Balaban J connectivity index is 1.59. The minimum atomic E-state index is -0.387. The van der Waals surface area contributed by atoms with Crippen LogP contribution in [0.15, 0.2) is 48.5 Å². The lowest BCUT2D eigenvalue weighted by molar-refractivity contribution is -0.123. The molecule has 1 heterocycles. The molecule has 0 radical (unpaired) electrons. The number of benzene rings is 2. The molecule has 150 valence electrons. The molecule has 0 aliphatic carbocycles. The molecule has 2 aromatic rings. The maximum absolute atomic E-state index is 13.2. The van der Waals surface area contributed by atoms with E-state index in [1.54, 1.807) is 19.2 Å². The number of nitrogens with zero attached hydrogens (tertiary/aromatic N) is 1. The van der Waals surface area contributed by atoms with Gasteiger partial charge in [-0.25, -0.2) is 4.39 Å². The molecule has 1 unspecified atom stereocenters. The molecular weight excluding hydrogens is 359 g/mol. The second kappa shape index (κ2) is 10.1. The number of carbonyl (C=O) groups excluding carboxylic acids is 1. The van der Waals surface area contributed by atoms with E-state index in [4.69, 9.17) is 9.47 Å². The minimum absolute atomic E-state index is 0.101. The van der Waals surface area contributed by atoms with Crippen molar-refractivity contribution in [2.45, 2.75) is 25.3 Å². The number of amides is 1. The van der Waals surface area contributed by atoms with Crippen LogP contribution >= 0.6 is 0 Å². The zero-order chi connectivity index (χ0) is 19.8. The molecule has 28 heavy (non-hydrogen) atoms. The van der Waals surface area contributed by atoms with E-state index >= 15 is 0 Å². The highest BCUT2D eigenvalue weighted by Crippen LogP contribution is 2.25. The number of methoxy groups -OCH3 is 1. The number of ether oxygens (including phenoxy) is 2. The average molecular weight is 386 g/mol. The zero-order valence-electron chi connectivity index (χ0n) is 16.2. The summed E-state index contributed by atoms with van der Waals surface area (Å²) in [6.07, 6.45) is 3.59. The molecule has 3 rings (SSSR count). The van der Waals surface area contributed by atoms with E-state index in [2.05, 4.69) is 10.2 Å². The van der Waals surface area contributed by atoms with E-state index in [1.807, 2.05) is 24.3 Å². The van der Waals surface area contributed by atoms with Gasteiger partial charge in [0.2, 0.25) is 0 Å². The van der Waals surface area contributed by atoms with Gasteiger partial charge in [-0.15, -0.1) is 0 Å². The lowest BCUT2D eigenvalue weighted by Crippen LogP contribution is -2.41. The molecule has 2 aromatic carbocycles. The quantitative estimate of drug-likeness (QED) is 0.754. The first kappa shape index (κ1) is 20.1. The van der Waals surface area contributed by atoms with Crippen molar-refractivity contribution in [3.8, 4) is 11.5 Å². The summed E-state index contributed by atoms with van der Waals surface area (Å²) >= 11 is 0. The van der Waals surface area contributed by atoms with Crippen molar-refractivity contribution in [1.29, 1.82) is 0 Å². The molecule has 1 saturated heterocycles. The molecular formula is C22H27FN2O3. The van der Waals surface area contributed by atoms with Crippen LogP contribution in [0.25, 0.3) is 0 Å². The number of rotatable bonds is 8. The van der Waals surface area contributed by atoms with Gasteiger partial charge in [-0.2, -0.15) is 0 Å². The first-order valence-corrected chi connectivity index (χ1v) is 9.69. The highest BCUT2D eigenvalue weighted by atomic mass is 19.1. The minimum Gasteiger partial charge on any atom is -0.497 e. The van der Waals surface area contributed by atoms with Crippen LogP contribution in [0.2, 0.25) is 0 Å². The van der Waals surface area contributed by atoms with Crippen molar-refractivity contribution in [3.63, 3.8) is 0 Å². The van der Waals surface area contributed by atoms with E-state index in [9.17, 15) is 9.18 Å². The van der Waals surface area contributed by atoms with Gasteiger partial charge in [0.1, 0.15) is 17.3 Å². The molecule has 0 spiro atoms. The van der Waals surface area contributed by atoms with Crippen LogP contribution in [0.3, 0.4) is 0 Å². The van der Waals surface area contributed by atoms with E-state index in [1.165, 1.54) is 31.4 Å². The maximum atomic E-state index is 13.2. The molecule has 1 fully saturated rings. The molecule has 1 aliphatic rings. The Bertz CT molecular complexity index is 761. The molecule has 0 saturated carbocycles. The fraction of sp³-hybridized carbons (Fsp3) is 0.409. The maximum Gasteiger partial charge on any atom is 0.258 e. The van der Waals surface area contributed by atoms with Crippen LogP contribution in [-0.4, -0.2) is 44.2 Å². The van der Waals surface area contributed by atoms with Gasteiger partial charge >= 0.3 is 0 Å². The summed E-state index contributed by atoms with van der Waals surface area (Å²) in [5, 5.41) is 2.96. The van der Waals surface area contributed by atoms with Gasteiger partial charge in [-0.1, -0.05) is 24.6 Å². The molecule has 5 nitrogen and oxygen atoms in total. The highest BCUT2D eigenvalue weighted by Gasteiger charge is 2.23. The summed E-state index contributed by atoms with van der Waals surface area (Å²) in [5.74, 6) is 0.550. The largest absolute Gasteiger partial charge is 0.497 e. The Morgan fingerprint density at radius 2 is 1.86 bits per heavy atom. The second-order valence-electron chi connectivity index (χ2n) is 6.94. The number of halogens is 1. The first-order chi connectivity index (χ1) is 13.7. The lowest BCUT2D eigenvalue weighted by atomic mass is 10.0. The van der Waals surface area contributed by atoms with Gasteiger partial charge in [-0.05, 0) is 55.8 Å². The van der Waals surface area contributed by atoms with Crippen molar-refractivity contribution < 1.29 is 18.7 Å². The number of nitrogens with one attached hydrogen (secondary N) is 1. The SMILES string of the molecule is COc1ccc(C(CNC(=O)COc2cccc(F)c2)N2CCCCC2)cc1. The number of piperidine rings is 1. The highest BCUT2D eigenvalue weighted by molar-refractivity contribution is 5.77. The predicted molar refractivity (Wildman–Crippen MR) is 106 cm³/mol. The molecule has 0 bridgehead atoms. The normalized spacial score (nSPS) is 15.6. The number of likely N-dealkylation sites (tertiary alicyclic amines) is 1. The molecule has 1 aliphatic heterocycles. The van der Waals surface area contributed by atoms with E-state index in [-0.39, 0.29) is 24.4 Å².